The van der Waals surface area contributed by atoms with Crippen molar-refractivity contribution in [1.82, 2.24) is 15.2 Å². The van der Waals surface area contributed by atoms with Crippen LogP contribution in [0, 0.1) is 13.8 Å². The molecule has 0 fully saturated rings. The maximum Gasteiger partial charge on any atom is 0.0892 e. The second-order valence-corrected chi connectivity index (χ2v) is 5.51. The van der Waals surface area contributed by atoms with Crippen LogP contribution in [0.4, 0.5) is 0 Å². The van der Waals surface area contributed by atoms with Gasteiger partial charge in [-0.1, -0.05) is 23.8 Å². The van der Waals surface area contributed by atoms with E-state index >= 15 is 0 Å². The standard InChI is InChI=1S/C14H19BrN4/c1-4-19-14(12(15)8-17-19)13(18-16)11-6-5-9(2)7-10(11)3/h5-8,13,18H,4,16H2,1-3H3. The Kier molecular flexibility index (Phi) is 4.39. The Hall–Kier alpha value is -1.17. The largest absolute Gasteiger partial charge is 0.271 e. The molecular weight excluding hydrogens is 304 g/mol. The maximum absolute atomic E-state index is 5.78. The molecule has 0 radical (unpaired) electrons. The van der Waals surface area contributed by atoms with E-state index in [9.17, 15) is 0 Å². The summed E-state index contributed by atoms with van der Waals surface area (Å²) in [5, 5.41) is 4.35. The highest BCUT2D eigenvalue weighted by atomic mass is 79.9. The van der Waals surface area contributed by atoms with Gasteiger partial charge in [0.1, 0.15) is 0 Å². The van der Waals surface area contributed by atoms with Crippen molar-refractivity contribution in [2.45, 2.75) is 33.4 Å². The summed E-state index contributed by atoms with van der Waals surface area (Å²) in [5.41, 5.74) is 7.60. The van der Waals surface area contributed by atoms with Crippen LogP contribution in [-0.4, -0.2) is 9.78 Å². The Morgan fingerprint density at radius 1 is 1.42 bits per heavy atom. The third-order valence-corrected chi connectivity index (χ3v) is 3.92. The van der Waals surface area contributed by atoms with Crippen LogP contribution >= 0.6 is 15.9 Å². The molecule has 2 rings (SSSR count). The lowest BCUT2D eigenvalue weighted by Crippen LogP contribution is -2.31. The van der Waals surface area contributed by atoms with E-state index < -0.39 is 0 Å². The van der Waals surface area contributed by atoms with E-state index in [0.29, 0.717) is 0 Å². The summed E-state index contributed by atoms with van der Waals surface area (Å²) in [6.07, 6.45) is 1.81. The van der Waals surface area contributed by atoms with Gasteiger partial charge in [-0.15, -0.1) is 0 Å². The lowest BCUT2D eigenvalue weighted by molar-refractivity contribution is 0.540. The van der Waals surface area contributed by atoms with Gasteiger partial charge >= 0.3 is 0 Å². The third-order valence-electron chi connectivity index (χ3n) is 3.31. The fraction of sp³-hybridized carbons (Fsp3) is 0.357. The molecule has 4 nitrogen and oxygen atoms in total. The first-order valence-electron chi connectivity index (χ1n) is 6.33. The first-order valence-corrected chi connectivity index (χ1v) is 7.12. The van der Waals surface area contributed by atoms with Crippen LogP contribution in [0.1, 0.15) is 35.3 Å². The van der Waals surface area contributed by atoms with Gasteiger partial charge in [-0.05, 0) is 47.8 Å². The lowest BCUT2D eigenvalue weighted by atomic mass is 9.97. The molecule has 0 aliphatic carbocycles. The van der Waals surface area contributed by atoms with Crippen molar-refractivity contribution < 1.29 is 0 Å². The van der Waals surface area contributed by atoms with E-state index in [1.807, 2.05) is 10.9 Å². The minimum absolute atomic E-state index is 0.0718. The molecule has 19 heavy (non-hydrogen) atoms. The zero-order valence-electron chi connectivity index (χ0n) is 11.4. The van der Waals surface area contributed by atoms with Crippen molar-refractivity contribution in [3.8, 4) is 0 Å². The fourth-order valence-electron chi connectivity index (χ4n) is 2.38. The Bertz CT molecular complexity index is 577. The molecule has 1 atom stereocenters. The molecule has 1 unspecified atom stereocenters. The summed E-state index contributed by atoms with van der Waals surface area (Å²) in [6, 6.07) is 6.32. The minimum atomic E-state index is -0.0718. The van der Waals surface area contributed by atoms with E-state index in [2.05, 4.69) is 65.4 Å². The molecule has 2 aromatic rings. The van der Waals surface area contributed by atoms with Crippen LogP contribution < -0.4 is 11.3 Å². The number of nitrogens with two attached hydrogens (primary N) is 1. The van der Waals surface area contributed by atoms with Gasteiger partial charge in [0.05, 0.1) is 22.4 Å². The molecule has 0 amide bonds. The number of aryl methyl sites for hydroxylation is 3. The summed E-state index contributed by atoms with van der Waals surface area (Å²) in [7, 11) is 0. The molecular formula is C14H19BrN4. The van der Waals surface area contributed by atoms with E-state index in [1.54, 1.807) is 0 Å². The summed E-state index contributed by atoms with van der Waals surface area (Å²) < 4.78 is 2.92. The molecule has 0 bridgehead atoms. The molecule has 0 aliphatic rings. The van der Waals surface area contributed by atoms with Crippen molar-refractivity contribution in [1.29, 1.82) is 0 Å². The van der Waals surface area contributed by atoms with Gasteiger partial charge in [0.25, 0.3) is 0 Å². The first-order chi connectivity index (χ1) is 9.08. The first kappa shape index (κ1) is 14.2. The summed E-state index contributed by atoms with van der Waals surface area (Å²) in [5.74, 6) is 5.78. The van der Waals surface area contributed by atoms with Crippen molar-refractivity contribution in [2.75, 3.05) is 0 Å². The molecule has 0 saturated carbocycles. The Balaban J connectivity index is 2.52. The number of aromatic nitrogens is 2. The van der Waals surface area contributed by atoms with Gasteiger partial charge in [0.2, 0.25) is 0 Å². The van der Waals surface area contributed by atoms with E-state index in [4.69, 9.17) is 5.84 Å². The monoisotopic (exact) mass is 322 g/mol. The van der Waals surface area contributed by atoms with Gasteiger partial charge in [-0.3, -0.25) is 10.5 Å². The van der Waals surface area contributed by atoms with Crippen LogP contribution in [-0.2, 0) is 6.54 Å². The normalized spacial score (nSPS) is 12.7. The Morgan fingerprint density at radius 3 is 2.74 bits per heavy atom. The van der Waals surface area contributed by atoms with Crippen molar-refractivity contribution in [2.24, 2.45) is 5.84 Å². The lowest BCUT2D eigenvalue weighted by Gasteiger charge is -2.20. The molecule has 0 aliphatic heterocycles. The third kappa shape index (κ3) is 2.73. The van der Waals surface area contributed by atoms with Crippen molar-refractivity contribution in [3.05, 3.63) is 51.3 Å². The maximum atomic E-state index is 5.78. The summed E-state index contributed by atoms with van der Waals surface area (Å²) in [6.45, 7) is 7.07. The highest BCUT2D eigenvalue weighted by Crippen LogP contribution is 2.30. The minimum Gasteiger partial charge on any atom is -0.271 e. The van der Waals surface area contributed by atoms with Gasteiger partial charge in [-0.2, -0.15) is 5.10 Å². The van der Waals surface area contributed by atoms with Crippen LogP contribution in [0.25, 0.3) is 0 Å². The number of hydrazine groups is 1. The number of benzene rings is 1. The number of nitrogens with one attached hydrogen (secondary N) is 1. The molecule has 5 heteroatoms. The second-order valence-electron chi connectivity index (χ2n) is 4.65. The number of halogens is 1. The Morgan fingerprint density at radius 2 is 2.16 bits per heavy atom. The highest BCUT2D eigenvalue weighted by Gasteiger charge is 2.21. The summed E-state index contributed by atoms with van der Waals surface area (Å²) >= 11 is 3.56. The predicted octanol–water partition coefficient (Wildman–Crippen LogP) is 2.84. The number of nitrogens with zero attached hydrogens (tertiary/aromatic N) is 2. The van der Waals surface area contributed by atoms with Gasteiger partial charge < -0.3 is 0 Å². The molecule has 0 spiro atoms. The van der Waals surface area contributed by atoms with Gasteiger partial charge in [0.15, 0.2) is 0 Å². The fourth-order valence-corrected chi connectivity index (χ4v) is 2.90. The molecule has 1 aromatic carbocycles. The average molecular weight is 323 g/mol. The predicted molar refractivity (Wildman–Crippen MR) is 80.7 cm³/mol. The number of hydrogen-bond donors (Lipinski definition) is 2. The molecule has 102 valence electrons. The topological polar surface area (TPSA) is 55.9 Å². The molecule has 3 N–H and O–H groups in total. The molecule has 1 heterocycles. The van der Waals surface area contributed by atoms with Crippen LogP contribution in [0.2, 0.25) is 0 Å². The number of rotatable bonds is 4. The SMILES string of the molecule is CCn1ncc(Br)c1C(NN)c1ccc(C)cc1C. The van der Waals surface area contributed by atoms with E-state index in [0.717, 1.165) is 16.7 Å². The van der Waals surface area contributed by atoms with Crippen LogP contribution in [0.5, 0.6) is 0 Å². The van der Waals surface area contributed by atoms with Crippen molar-refractivity contribution >= 4 is 15.9 Å². The second kappa shape index (κ2) is 5.86. The van der Waals surface area contributed by atoms with E-state index in [1.165, 1.54) is 16.7 Å². The highest BCUT2D eigenvalue weighted by molar-refractivity contribution is 9.10. The zero-order chi connectivity index (χ0) is 14.0. The zero-order valence-corrected chi connectivity index (χ0v) is 13.0. The van der Waals surface area contributed by atoms with Gasteiger partial charge in [0, 0.05) is 6.54 Å². The summed E-state index contributed by atoms with van der Waals surface area (Å²) in [4.78, 5) is 0. The quantitative estimate of drug-likeness (QED) is 0.672. The van der Waals surface area contributed by atoms with Gasteiger partial charge in [-0.25, -0.2) is 5.43 Å². The van der Waals surface area contributed by atoms with E-state index in [-0.39, 0.29) is 6.04 Å². The van der Waals surface area contributed by atoms with Crippen LogP contribution in [0.3, 0.4) is 0 Å². The molecule has 0 saturated heterocycles. The Labute approximate surface area is 122 Å². The van der Waals surface area contributed by atoms with Crippen LogP contribution in [0.15, 0.2) is 28.9 Å². The van der Waals surface area contributed by atoms with Crippen molar-refractivity contribution in [3.63, 3.8) is 0 Å². The smallest absolute Gasteiger partial charge is 0.0892 e. The molecule has 1 aromatic heterocycles. The number of hydrogen-bond acceptors (Lipinski definition) is 3. The average Bonchev–Trinajstić information content (AvgIpc) is 2.74.